The van der Waals surface area contributed by atoms with Gasteiger partial charge < -0.3 is 4.98 Å². The van der Waals surface area contributed by atoms with Crippen LogP contribution < -0.4 is 0 Å². The second-order valence-electron chi connectivity index (χ2n) is 9.48. The van der Waals surface area contributed by atoms with Gasteiger partial charge in [-0.05, 0) is 66.4 Å². The smallest absolute Gasteiger partial charge is 0.178 e. The monoisotopic (exact) mass is 544 g/mol. The average molecular weight is 545 g/mol. The van der Waals surface area contributed by atoms with Crippen molar-refractivity contribution in [3.63, 3.8) is 0 Å². The number of sulfone groups is 1. The van der Waals surface area contributed by atoms with Gasteiger partial charge in [0, 0.05) is 41.5 Å². The molecule has 39 heavy (non-hydrogen) atoms. The van der Waals surface area contributed by atoms with Gasteiger partial charge in [-0.25, -0.2) is 27.2 Å². The molecule has 0 unspecified atom stereocenters. The highest BCUT2D eigenvalue weighted by molar-refractivity contribution is 7.90. The van der Waals surface area contributed by atoms with Gasteiger partial charge in [-0.1, -0.05) is 6.07 Å². The molecule has 0 saturated heterocycles. The van der Waals surface area contributed by atoms with Gasteiger partial charge in [-0.3, -0.25) is 10.1 Å². The number of aromatic amines is 2. The minimum absolute atomic E-state index is 0.0891. The van der Waals surface area contributed by atoms with Crippen LogP contribution in [0.5, 0.6) is 0 Å². The lowest BCUT2D eigenvalue weighted by Crippen LogP contribution is -2.06. The van der Waals surface area contributed by atoms with Crippen LogP contribution >= 0.6 is 0 Å². The molecule has 4 aromatic heterocycles. The highest BCUT2D eigenvalue weighted by Crippen LogP contribution is 2.36. The summed E-state index contributed by atoms with van der Waals surface area (Å²) in [5, 5.41) is 7.47. The Balaban J connectivity index is 1.47. The molecule has 2 aromatic carbocycles. The van der Waals surface area contributed by atoms with Crippen LogP contribution in [-0.2, 0) is 16.3 Å². The zero-order chi connectivity index (χ0) is 27.3. The molecule has 0 aliphatic rings. The maximum atomic E-state index is 15.9. The number of benzene rings is 2. The highest BCUT2D eigenvalue weighted by atomic mass is 32.2. The van der Waals surface area contributed by atoms with Gasteiger partial charge in [0.15, 0.2) is 11.5 Å². The minimum atomic E-state index is -3.21. The summed E-state index contributed by atoms with van der Waals surface area (Å²) in [6, 6.07) is 11.4. The number of H-pyrrole nitrogens is 2. The Morgan fingerprint density at radius 3 is 2.62 bits per heavy atom. The molecule has 0 radical (unpaired) electrons. The van der Waals surface area contributed by atoms with E-state index in [4.69, 9.17) is 0 Å². The average Bonchev–Trinajstić information content (AvgIpc) is 3.52. The fourth-order valence-corrected chi connectivity index (χ4v) is 5.32. The van der Waals surface area contributed by atoms with Crippen LogP contribution in [0.15, 0.2) is 61.1 Å². The molecular formula is C28H22F2N6O2S. The van der Waals surface area contributed by atoms with Crippen LogP contribution in [0.25, 0.3) is 55.8 Å². The van der Waals surface area contributed by atoms with Crippen molar-refractivity contribution >= 4 is 31.9 Å². The van der Waals surface area contributed by atoms with Crippen molar-refractivity contribution in [3.8, 4) is 33.8 Å². The van der Waals surface area contributed by atoms with Gasteiger partial charge in [-0.15, -0.1) is 0 Å². The Bertz CT molecular complexity index is 2000. The number of imidazole rings is 1. The Hall–Kier alpha value is -4.51. The van der Waals surface area contributed by atoms with Crippen LogP contribution in [-0.4, -0.2) is 50.6 Å². The first-order chi connectivity index (χ1) is 18.7. The summed E-state index contributed by atoms with van der Waals surface area (Å²) in [6.07, 6.45) is 6.16. The number of hydrogen-bond donors (Lipinski definition) is 2. The number of pyridine rings is 2. The molecule has 6 rings (SSSR count). The maximum Gasteiger partial charge on any atom is 0.178 e. The molecule has 8 nitrogen and oxygen atoms in total. The predicted octanol–water partition coefficient (Wildman–Crippen LogP) is 5.40. The summed E-state index contributed by atoms with van der Waals surface area (Å²) in [6.45, 7) is 1.89. The van der Waals surface area contributed by atoms with Crippen LogP contribution in [0.4, 0.5) is 8.78 Å². The Kier molecular flexibility index (Phi) is 5.95. The van der Waals surface area contributed by atoms with Gasteiger partial charge in [0.1, 0.15) is 27.2 Å². The molecule has 2 N–H and O–H groups in total. The number of fused-ring (bicyclic) bond motifs is 2. The number of aromatic nitrogens is 6. The summed E-state index contributed by atoms with van der Waals surface area (Å²) in [7, 11) is -3.21. The molecule has 0 spiro atoms. The first-order valence-electron chi connectivity index (χ1n) is 12.1. The van der Waals surface area contributed by atoms with Gasteiger partial charge in [0.25, 0.3) is 0 Å². The quantitative estimate of drug-likeness (QED) is 0.290. The van der Waals surface area contributed by atoms with Gasteiger partial charge >= 0.3 is 0 Å². The molecule has 0 atom stereocenters. The Morgan fingerprint density at radius 1 is 0.974 bits per heavy atom. The fourth-order valence-electron chi connectivity index (χ4n) is 4.72. The van der Waals surface area contributed by atoms with E-state index in [0.29, 0.717) is 50.3 Å². The summed E-state index contributed by atoms with van der Waals surface area (Å²) in [4.78, 5) is 16.2. The molecule has 0 fully saturated rings. The largest absolute Gasteiger partial charge is 0.335 e. The van der Waals surface area contributed by atoms with E-state index in [0.717, 1.165) is 11.8 Å². The lowest BCUT2D eigenvalue weighted by molar-refractivity contribution is 0.600. The molecule has 0 amide bonds. The normalized spacial score (nSPS) is 12.0. The van der Waals surface area contributed by atoms with Crippen molar-refractivity contribution in [2.24, 2.45) is 0 Å². The third-order valence-corrected chi connectivity index (χ3v) is 7.59. The van der Waals surface area contributed by atoms with Crippen molar-refractivity contribution in [1.29, 1.82) is 0 Å². The number of halogens is 2. The molecule has 196 valence electrons. The molecule has 0 saturated carbocycles. The predicted molar refractivity (Wildman–Crippen MR) is 146 cm³/mol. The topological polar surface area (TPSA) is 117 Å². The summed E-state index contributed by atoms with van der Waals surface area (Å²) < 4.78 is 53.7. The van der Waals surface area contributed by atoms with E-state index in [2.05, 4.69) is 30.1 Å². The second-order valence-corrected chi connectivity index (χ2v) is 11.7. The van der Waals surface area contributed by atoms with Gasteiger partial charge in [0.05, 0.1) is 22.2 Å². The van der Waals surface area contributed by atoms with E-state index in [1.807, 2.05) is 13.0 Å². The first kappa shape index (κ1) is 24.8. The highest BCUT2D eigenvalue weighted by Gasteiger charge is 2.21. The SMILES string of the molecule is Cc1ccncc1-c1ccc2[nH]nc(-c3nc4nccc(-c5cc(F)cc(CCS(C)(=O)=O)c5)c4[nH]3)c2c1F. The van der Waals surface area contributed by atoms with E-state index >= 15 is 4.39 Å². The molecule has 11 heteroatoms. The molecule has 4 heterocycles. The number of nitrogens with zero attached hydrogens (tertiary/aromatic N) is 4. The van der Waals surface area contributed by atoms with E-state index in [1.165, 1.54) is 12.1 Å². The van der Waals surface area contributed by atoms with Crippen molar-refractivity contribution < 1.29 is 17.2 Å². The number of rotatable bonds is 6. The van der Waals surface area contributed by atoms with Crippen molar-refractivity contribution in [1.82, 2.24) is 30.1 Å². The zero-order valence-electron chi connectivity index (χ0n) is 21.0. The summed E-state index contributed by atoms with van der Waals surface area (Å²) in [5.41, 5.74) is 5.31. The molecule has 0 aliphatic heterocycles. The Labute approximate surface area is 222 Å². The summed E-state index contributed by atoms with van der Waals surface area (Å²) in [5.74, 6) is -0.737. The van der Waals surface area contributed by atoms with Gasteiger partial charge in [-0.2, -0.15) is 5.10 Å². The lowest BCUT2D eigenvalue weighted by Gasteiger charge is -2.08. The third-order valence-electron chi connectivity index (χ3n) is 6.64. The van der Waals surface area contributed by atoms with Crippen molar-refractivity contribution in [2.45, 2.75) is 13.3 Å². The van der Waals surface area contributed by atoms with Crippen molar-refractivity contribution in [3.05, 3.63) is 83.8 Å². The summed E-state index contributed by atoms with van der Waals surface area (Å²) >= 11 is 0. The van der Waals surface area contributed by atoms with E-state index < -0.39 is 21.5 Å². The second kappa shape index (κ2) is 9.35. The molecular weight excluding hydrogens is 522 g/mol. The van der Waals surface area contributed by atoms with E-state index in [-0.39, 0.29) is 23.3 Å². The molecule has 0 aliphatic carbocycles. The molecule has 0 bridgehead atoms. The zero-order valence-corrected chi connectivity index (χ0v) is 21.8. The molecule has 6 aromatic rings. The van der Waals surface area contributed by atoms with E-state index in [1.54, 1.807) is 42.9 Å². The third kappa shape index (κ3) is 4.65. The standard InChI is InChI=1S/C28H22F2N6O2S/c1-15-5-8-31-14-21(15)20-3-4-22-23(24(20)30)26(36-35-22)28-33-25-19(6-9-32-27(25)34-28)17-11-16(12-18(29)13-17)7-10-39(2,37)38/h3-6,8-9,11-14H,7,10H2,1-2H3,(H,35,36)(H,32,33,34). The van der Waals surface area contributed by atoms with E-state index in [9.17, 15) is 12.8 Å². The minimum Gasteiger partial charge on any atom is -0.335 e. The van der Waals surface area contributed by atoms with Gasteiger partial charge in [0.2, 0.25) is 0 Å². The van der Waals surface area contributed by atoms with Crippen molar-refractivity contribution in [2.75, 3.05) is 12.0 Å². The van der Waals surface area contributed by atoms with Crippen LogP contribution in [0.2, 0.25) is 0 Å². The number of aryl methyl sites for hydroxylation is 2. The maximum absolute atomic E-state index is 15.9. The number of hydrogen-bond acceptors (Lipinski definition) is 6. The Morgan fingerprint density at radius 2 is 1.82 bits per heavy atom. The fraction of sp³-hybridized carbons (Fsp3) is 0.143. The first-order valence-corrected chi connectivity index (χ1v) is 14.1. The van der Waals surface area contributed by atoms with Crippen LogP contribution in [0.1, 0.15) is 11.1 Å². The van der Waals surface area contributed by atoms with Crippen LogP contribution in [0.3, 0.4) is 0 Å². The van der Waals surface area contributed by atoms with Crippen LogP contribution in [0, 0.1) is 18.6 Å². The number of nitrogens with one attached hydrogen (secondary N) is 2. The lowest BCUT2D eigenvalue weighted by atomic mass is 10.00.